The topological polar surface area (TPSA) is 88.3 Å². The molecule has 0 aliphatic carbocycles. The van der Waals surface area contributed by atoms with Crippen molar-refractivity contribution in [1.29, 1.82) is 0 Å². The lowest BCUT2D eigenvalue weighted by Gasteiger charge is -2.32. The first-order valence-corrected chi connectivity index (χ1v) is 15.7. The molecule has 0 spiro atoms. The maximum atomic E-state index is 13.2. The highest BCUT2D eigenvalue weighted by molar-refractivity contribution is 8.27. The molecule has 0 bridgehead atoms. The van der Waals surface area contributed by atoms with Crippen LogP contribution in [-0.2, 0) is 4.79 Å². The van der Waals surface area contributed by atoms with Gasteiger partial charge in [-0.2, -0.15) is 0 Å². The molecule has 10 heteroatoms. The molecule has 2 amide bonds. The van der Waals surface area contributed by atoms with Crippen molar-refractivity contribution in [3.8, 4) is 17.2 Å². The van der Waals surface area contributed by atoms with E-state index in [-0.39, 0.29) is 5.91 Å². The molecule has 224 valence electrons. The van der Waals surface area contributed by atoms with E-state index in [0.29, 0.717) is 32.9 Å². The lowest BCUT2D eigenvalue weighted by atomic mass is 10.2. The Hall–Kier alpha value is -3.70. The van der Waals surface area contributed by atoms with Crippen LogP contribution in [0, 0.1) is 0 Å². The van der Waals surface area contributed by atoms with Gasteiger partial charge in [0, 0.05) is 31.7 Å². The Balaban J connectivity index is 1.09. The maximum absolute atomic E-state index is 13.2. The summed E-state index contributed by atoms with van der Waals surface area (Å²) in [6, 6.07) is 21.5. The number of hydrogen-bond donors (Lipinski definition) is 1. The third-order valence-corrected chi connectivity index (χ3v) is 8.73. The maximum Gasteiger partial charge on any atom is 0.270 e. The summed E-state index contributed by atoms with van der Waals surface area (Å²) in [6.07, 6.45) is 5.19. The summed E-state index contributed by atoms with van der Waals surface area (Å²) in [5.41, 5.74) is 7.27. The smallest absolute Gasteiger partial charge is 0.270 e. The van der Waals surface area contributed by atoms with E-state index in [4.69, 9.17) is 27.4 Å². The summed E-state index contributed by atoms with van der Waals surface area (Å²) in [5.74, 6) is 1.37. The molecule has 0 unspecified atom stereocenters. The van der Waals surface area contributed by atoms with Gasteiger partial charge in [0.2, 0.25) is 5.91 Å². The zero-order valence-corrected chi connectivity index (χ0v) is 25.9. The first kappa shape index (κ1) is 30.7. The van der Waals surface area contributed by atoms with Gasteiger partial charge in [0.25, 0.3) is 5.91 Å². The molecule has 2 aliphatic rings. The number of thioether (sulfide) groups is 1. The van der Waals surface area contributed by atoms with E-state index in [1.54, 1.807) is 29.2 Å². The summed E-state index contributed by atoms with van der Waals surface area (Å²) < 4.78 is 12.3. The van der Waals surface area contributed by atoms with E-state index in [0.717, 1.165) is 49.5 Å². The van der Waals surface area contributed by atoms with Crippen LogP contribution >= 0.6 is 24.0 Å². The lowest BCUT2D eigenvalue weighted by Crippen LogP contribution is -2.44. The van der Waals surface area contributed by atoms with Crippen LogP contribution in [0.2, 0.25) is 0 Å². The molecule has 0 atom stereocenters. The van der Waals surface area contributed by atoms with E-state index < -0.39 is 5.91 Å². The van der Waals surface area contributed by atoms with Crippen molar-refractivity contribution in [3.05, 3.63) is 88.8 Å². The Kier molecular flexibility index (Phi) is 10.5. The van der Waals surface area contributed by atoms with Crippen LogP contribution in [0.25, 0.3) is 6.08 Å². The van der Waals surface area contributed by atoms with Gasteiger partial charge < -0.3 is 25.0 Å². The number of likely N-dealkylation sites (N-methyl/N-ethyl adjacent to an activating group) is 1. The summed E-state index contributed by atoms with van der Waals surface area (Å²) in [5, 5.41) is 0. The molecule has 0 radical (unpaired) electrons. The standard InChI is InChI=1S/C33H36N4O4S2/c1-35-18-20-36(21-19-35)17-3-2-4-22-40-27-15-9-26(10-16-27)37-32(39)30(43-33(37)42)23-24-5-11-28(12-6-24)41-29-13-7-25(8-14-29)31(34)38/h5-16,23H,2-4,17-22H2,1H3,(H2,34,38). The van der Waals surface area contributed by atoms with Crippen LogP contribution < -0.4 is 20.1 Å². The number of carbonyl (C=O) groups excluding carboxylic acids is 2. The van der Waals surface area contributed by atoms with Crippen LogP contribution in [0.4, 0.5) is 5.69 Å². The van der Waals surface area contributed by atoms with Crippen LogP contribution in [-0.4, -0.2) is 72.3 Å². The number of amides is 2. The second-order valence-electron chi connectivity index (χ2n) is 10.6. The molecule has 2 saturated heterocycles. The summed E-state index contributed by atoms with van der Waals surface area (Å²) in [6.45, 7) is 6.49. The normalized spacial score (nSPS) is 17.0. The van der Waals surface area contributed by atoms with Gasteiger partial charge in [-0.1, -0.05) is 36.1 Å². The van der Waals surface area contributed by atoms with Gasteiger partial charge in [-0.15, -0.1) is 0 Å². The Morgan fingerprint density at radius 3 is 2.16 bits per heavy atom. The predicted octanol–water partition coefficient (Wildman–Crippen LogP) is 5.78. The Labute approximate surface area is 262 Å². The van der Waals surface area contributed by atoms with Crippen molar-refractivity contribution in [3.63, 3.8) is 0 Å². The molecule has 43 heavy (non-hydrogen) atoms. The SMILES string of the molecule is CN1CCN(CCCCCOc2ccc(N3C(=O)C(=Cc4ccc(Oc5ccc(C(N)=O)cc5)cc4)SC3=S)cc2)CC1. The highest BCUT2D eigenvalue weighted by Crippen LogP contribution is 2.37. The monoisotopic (exact) mass is 616 g/mol. The molecule has 2 heterocycles. The molecule has 0 saturated carbocycles. The van der Waals surface area contributed by atoms with Crippen molar-refractivity contribution >= 4 is 51.9 Å². The minimum absolute atomic E-state index is 0.154. The third kappa shape index (κ3) is 8.45. The zero-order chi connectivity index (χ0) is 30.2. The average Bonchev–Trinajstić information content (AvgIpc) is 3.29. The summed E-state index contributed by atoms with van der Waals surface area (Å²) in [4.78, 5) is 31.5. The number of unbranched alkanes of at least 4 members (excludes halogenated alkanes) is 2. The van der Waals surface area contributed by atoms with Crippen molar-refractivity contribution in [2.75, 3.05) is 51.3 Å². The molecule has 3 aromatic rings. The molecule has 0 aromatic heterocycles. The average molecular weight is 617 g/mol. The van der Waals surface area contributed by atoms with Gasteiger partial charge >= 0.3 is 0 Å². The fourth-order valence-electron chi connectivity index (χ4n) is 4.86. The van der Waals surface area contributed by atoms with Gasteiger partial charge in [-0.3, -0.25) is 14.5 Å². The van der Waals surface area contributed by atoms with E-state index in [2.05, 4.69) is 16.8 Å². The second kappa shape index (κ2) is 14.7. The molecular formula is C33H36N4O4S2. The Morgan fingerprint density at radius 2 is 1.51 bits per heavy atom. The molecule has 5 rings (SSSR count). The number of benzene rings is 3. The second-order valence-corrected chi connectivity index (χ2v) is 12.3. The van der Waals surface area contributed by atoms with Crippen LogP contribution in [0.1, 0.15) is 35.2 Å². The van der Waals surface area contributed by atoms with E-state index in [9.17, 15) is 9.59 Å². The molecule has 2 aliphatic heterocycles. The first-order chi connectivity index (χ1) is 20.9. The van der Waals surface area contributed by atoms with Crippen LogP contribution in [0.15, 0.2) is 77.7 Å². The first-order valence-electron chi connectivity index (χ1n) is 14.5. The van der Waals surface area contributed by atoms with Gasteiger partial charge in [0.05, 0.1) is 17.2 Å². The lowest BCUT2D eigenvalue weighted by molar-refractivity contribution is -0.113. The number of thiocarbonyl (C=S) groups is 1. The fraction of sp³-hybridized carbons (Fsp3) is 0.303. The van der Waals surface area contributed by atoms with E-state index in [1.807, 2.05) is 54.6 Å². The van der Waals surface area contributed by atoms with Crippen LogP contribution in [0.5, 0.6) is 17.2 Å². The number of hydrogen-bond acceptors (Lipinski definition) is 8. The molecule has 8 nitrogen and oxygen atoms in total. The Morgan fingerprint density at radius 1 is 0.884 bits per heavy atom. The molecule has 2 fully saturated rings. The molecular weight excluding hydrogens is 581 g/mol. The number of carbonyl (C=O) groups is 2. The Bertz CT molecular complexity index is 1450. The van der Waals surface area contributed by atoms with Gasteiger partial charge in [0.1, 0.15) is 17.2 Å². The molecule has 2 N–H and O–H groups in total. The fourth-order valence-corrected chi connectivity index (χ4v) is 6.16. The van der Waals surface area contributed by atoms with Crippen molar-refractivity contribution in [2.45, 2.75) is 19.3 Å². The number of primary amides is 1. The van der Waals surface area contributed by atoms with Gasteiger partial charge in [0.15, 0.2) is 4.32 Å². The highest BCUT2D eigenvalue weighted by atomic mass is 32.2. The van der Waals surface area contributed by atoms with Crippen molar-refractivity contribution in [1.82, 2.24) is 9.80 Å². The minimum atomic E-state index is -0.486. The predicted molar refractivity (Wildman–Crippen MR) is 177 cm³/mol. The number of anilines is 1. The van der Waals surface area contributed by atoms with Crippen LogP contribution in [0.3, 0.4) is 0 Å². The largest absolute Gasteiger partial charge is 0.494 e. The number of nitrogens with zero attached hydrogens (tertiary/aromatic N) is 3. The minimum Gasteiger partial charge on any atom is -0.494 e. The van der Waals surface area contributed by atoms with E-state index in [1.165, 1.54) is 31.3 Å². The quantitative estimate of drug-likeness (QED) is 0.156. The molecule has 3 aromatic carbocycles. The number of ether oxygens (including phenoxy) is 2. The zero-order valence-electron chi connectivity index (χ0n) is 24.2. The van der Waals surface area contributed by atoms with E-state index >= 15 is 0 Å². The van der Waals surface area contributed by atoms with Gasteiger partial charge in [-0.05, 0) is 105 Å². The van der Waals surface area contributed by atoms with Crippen molar-refractivity contribution in [2.24, 2.45) is 5.73 Å². The third-order valence-electron chi connectivity index (χ3n) is 7.42. The highest BCUT2D eigenvalue weighted by Gasteiger charge is 2.33. The van der Waals surface area contributed by atoms with Crippen molar-refractivity contribution < 1.29 is 19.1 Å². The number of rotatable bonds is 12. The number of nitrogens with two attached hydrogens (primary N) is 1. The van der Waals surface area contributed by atoms with Gasteiger partial charge in [-0.25, -0.2) is 0 Å². The summed E-state index contributed by atoms with van der Waals surface area (Å²) >= 11 is 6.83. The number of piperazine rings is 1. The summed E-state index contributed by atoms with van der Waals surface area (Å²) in [7, 11) is 2.18.